The molecule has 5 aliphatic rings. The van der Waals surface area contributed by atoms with Crippen molar-refractivity contribution in [2.75, 3.05) is 0 Å². The second kappa shape index (κ2) is 8.65. The smallest absolute Gasteiger partial charge is 0.155 e. The van der Waals surface area contributed by atoms with Gasteiger partial charge in [0.1, 0.15) is 5.60 Å². The number of carbonyl (C=O) groups is 1. The van der Waals surface area contributed by atoms with Crippen LogP contribution in [-0.2, 0) is 15.1 Å². The quantitative estimate of drug-likeness (QED) is 0.415. The molecule has 1 heterocycles. The van der Waals surface area contributed by atoms with Crippen LogP contribution in [0, 0.1) is 34.5 Å². The van der Waals surface area contributed by atoms with Crippen LogP contribution in [0.2, 0.25) is 0 Å². The summed E-state index contributed by atoms with van der Waals surface area (Å²) in [6.07, 6.45) is 13.7. The highest BCUT2D eigenvalue weighted by Crippen LogP contribution is 2.69. The maximum atomic E-state index is 12.2. The van der Waals surface area contributed by atoms with E-state index in [2.05, 4.69) is 81.4 Å². The third kappa shape index (κ3) is 3.44. The molecule has 2 aromatic carbocycles. The van der Waals surface area contributed by atoms with Crippen LogP contribution < -0.4 is 0 Å². The highest BCUT2D eigenvalue weighted by molar-refractivity contribution is 5.91. The number of rotatable bonds is 3. The van der Waals surface area contributed by atoms with E-state index >= 15 is 0 Å². The first kappa shape index (κ1) is 24.8. The highest BCUT2D eigenvalue weighted by Gasteiger charge is 2.64. The Morgan fingerprint density at radius 2 is 1.39 bits per heavy atom. The third-order valence-electron chi connectivity index (χ3n) is 12.6. The molecule has 38 heavy (non-hydrogen) atoms. The molecule has 0 radical (unpaired) electrons. The van der Waals surface area contributed by atoms with E-state index < -0.39 is 0 Å². The van der Waals surface area contributed by atoms with E-state index in [4.69, 9.17) is 4.74 Å². The summed E-state index contributed by atoms with van der Waals surface area (Å²) in [4.78, 5) is 12.2. The monoisotopic (exact) mass is 508 g/mol. The van der Waals surface area contributed by atoms with E-state index in [1.54, 1.807) is 0 Å². The van der Waals surface area contributed by atoms with Crippen molar-refractivity contribution in [2.24, 2.45) is 34.5 Å². The number of carbonyl (C=O) groups excluding carboxylic acids is 1. The Morgan fingerprint density at radius 1 is 0.711 bits per heavy atom. The Balaban J connectivity index is 1.21. The van der Waals surface area contributed by atoms with Crippen LogP contribution in [0.5, 0.6) is 0 Å². The lowest BCUT2D eigenvalue weighted by molar-refractivity contribution is -0.150. The lowest BCUT2D eigenvalue weighted by Crippen LogP contribution is -2.53. The third-order valence-corrected chi connectivity index (χ3v) is 12.6. The lowest BCUT2D eigenvalue weighted by atomic mass is 9.46. The van der Waals surface area contributed by atoms with Gasteiger partial charge >= 0.3 is 0 Å². The highest BCUT2D eigenvalue weighted by atomic mass is 16.5. The second-order valence-electron chi connectivity index (χ2n) is 14.1. The summed E-state index contributed by atoms with van der Waals surface area (Å²) in [7, 11) is 0. The predicted octanol–water partition coefficient (Wildman–Crippen LogP) is 8.65. The van der Waals surface area contributed by atoms with E-state index in [0.29, 0.717) is 17.1 Å². The average molecular weight is 509 g/mol. The van der Waals surface area contributed by atoms with Crippen LogP contribution >= 0.6 is 0 Å². The molecule has 0 unspecified atom stereocenters. The van der Waals surface area contributed by atoms with E-state index in [1.807, 2.05) is 6.08 Å². The molecular formula is C36H44O2. The van der Waals surface area contributed by atoms with Crippen LogP contribution in [0.15, 0.2) is 72.3 Å². The molecule has 2 nitrogen and oxygen atoms in total. The zero-order valence-corrected chi connectivity index (χ0v) is 23.5. The number of allylic oxidation sites excluding steroid dienone is 1. The molecule has 1 saturated heterocycles. The van der Waals surface area contributed by atoms with Crippen molar-refractivity contribution in [1.29, 1.82) is 0 Å². The molecule has 1 aliphatic heterocycles. The molecule has 4 fully saturated rings. The van der Waals surface area contributed by atoms with Crippen LogP contribution in [0.1, 0.15) is 96.1 Å². The molecule has 0 amide bonds. The van der Waals surface area contributed by atoms with Crippen molar-refractivity contribution >= 4 is 5.78 Å². The van der Waals surface area contributed by atoms with Crippen molar-refractivity contribution in [3.8, 4) is 0 Å². The first-order valence-electron chi connectivity index (χ1n) is 15.3. The number of ether oxygens (including phenoxy) is 1. The molecule has 0 bridgehead atoms. The zero-order chi connectivity index (χ0) is 26.2. The predicted molar refractivity (Wildman–Crippen MR) is 153 cm³/mol. The van der Waals surface area contributed by atoms with Crippen molar-refractivity contribution in [2.45, 2.75) is 96.2 Å². The first-order chi connectivity index (χ1) is 18.3. The topological polar surface area (TPSA) is 26.3 Å². The van der Waals surface area contributed by atoms with E-state index in [1.165, 1.54) is 48.8 Å². The molecule has 4 aliphatic carbocycles. The van der Waals surface area contributed by atoms with Crippen LogP contribution in [-0.4, -0.2) is 11.4 Å². The summed E-state index contributed by atoms with van der Waals surface area (Å²) in [6, 6.07) is 22.0. The molecule has 0 spiro atoms. The fraction of sp³-hybridized carbons (Fsp3) is 0.583. The van der Waals surface area contributed by atoms with Gasteiger partial charge in [-0.25, -0.2) is 0 Å². The molecule has 7 atom stereocenters. The summed E-state index contributed by atoms with van der Waals surface area (Å²) in [5.41, 5.74) is 4.17. The van der Waals surface area contributed by atoms with Gasteiger partial charge in [-0.05, 0) is 116 Å². The molecule has 3 saturated carbocycles. The number of ketones is 1. The molecule has 7 rings (SSSR count). The minimum atomic E-state index is -0.366. The largest absolute Gasteiger partial charge is 0.359 e. The molecule has 2 heteroatoms. The Morgan fingerprint density at radius 3 is 2.08 bits per heavy atom. The van der Waals surface area contributed by atoms with Crippen LogP contribution in [0.4, 0.5) is 0 Å². The molecule has 0 aromatic heterocycles. The molecule has 0 N–H and O–H groups in total. The number of hydrogen-bond donors (Lipinski definition) is 0. The standard InChI is InChI=1S/C36H44O2/c1-33-20-18-28(37)24-27(33)14-15-29-30-16-17-32(34(30,2)21-19-31(29)33)35(3)22-23-36(38-35,25-10-6-4-7-11-25)26-12-8-5-9-13-26/h4-13,24,29-32H,14-23H2,1-3H3/t29-,30+,31-,32-,33+,34+,35-/m1/s1. The fourth-order valence-corrected chi connectivity index (χ4v) is 10.7. The van der Waals surface area contributed by atoms with E-state index in [9.17, 15) is 4.79 Å². The number of benzene rings is 2. The van der Waals surface area contributed by atoms with Gasteiger partial charge in [0.25, 0.3) is 0 Å². The van der Waals surface area contributed by atoms with Crippen LogP contribution in [0.3, 0.4) is 0 Å². The Hall–Kier alpha value is -2.19. The van der Waals surface area contributed by atoms with Gasteiger partial charge in [0.05, 0.1) is 5.60 Å². The average Bonchev–Trinajstić information content (AvgIpc) is 3.49. The van der Waals surface area contributed by atoms with Crippen molar-refractivity contribution in [3.05, 3.63) is 83.4 Å². The number of fused-ring (bicyclic) bond motifs is 5. The summed E-state index contributed by atoms with van der Waals surface area (Å²) < 4.78 is 7.51. The van der Waals surface area contributed by atoms with Gasteiger partial charge in [0.15, 0.2) is 5.78 Å². The summed E-state index contributed by atoms with van der Waals surface area (Å²) in [6.45, 7) is 7.61. The van der Waals surface area contributed by atoms with Crippen molar-refractivity contribution < 1.29 is 9.53 Å². The van der Waals surface area contributed by atoms with E-state index in [0.717, 1.165) is 49.9 Å². The van der Waals surface area contributed by atoms with Gasteiger partial charge in [-0.2, -0.15) is 0 Å². The van der Waals surface area contributed by atoms with Crippen molar-refractivity contribution in [1.82, 2.24) is 0 Å². The van der Waals surface area contributed by atoms with Gasteiger partial charge in [-0.15, -0.1) is 0 Å². The summed E-state index contributed by atoms with van der Waals surface area (Å²) in [5.74, 6) is 3.28. The maximum Gasteiger partial charge on any atom is 0.155 e. The Bertz CT molecular complexity index is 1210. The zero-order valence-electron chi connectivity index (χ0n) is 23.5. The Labute approximate surface area is 229 Å². The summed E-state index contributed by atoms with van der Waals surface area (Å²) >= 11 is 0. The van der Waals surface area contributed by atoms with Crippen LogP contribution in [0.25, 0.3) is 0 Å². The minimum Gasteiger partial charge on any atom is -0.359 e. The number of hydrogen-bond acceptors (Lipinski definition) is 2. The SMILES string of the molecule is C[C@]12CC[C@@H]3[C@H](CCC4=CC(=O)CC[C@@]43C)[C@@H]1CC[C@H]2[C@@]1(C)CCC(c2ccccc2)(c2ccccc2)O1. The first-order valence-corrected chi connectivity index (χ1v) is 15.3. The minimum absolute atomic E-state index is 0.122. The summed E-state index contributed by atoms with van der Waals surface area (Å²) in [5, 5.41) is 0. The van der Waals surface area contributed by atoms with Gasteiger partial charge in [-0.3, -0.25) is 4.79 Å². The second-order valence-corrected chi connectivity index (χ2v) is 14.1. The van der Waals surface area contributed by atoms with Gasteiger partial charge in [0, 0.05) is 6.42 Å². The molecular weight excluding hydrogens is 464 g/mol. The molecule has 200 valence electrons. The Kier molecular flexibility index (Phi) is 5.65. The normalized spacial score (nSPS) is 41.7. The van der Waals surface area contributed by atoms with Gasteiger partial charge in [-0.1, -0.05) is 80.1 Å². The molecule has 2 aromatic rings. The van der Waals surface area contributed by atoms with Crippen molar-refractivity contribution in [3.63, 3.8) is 0 Å². The van der Waals surface area contributed by atoms with Gasteiger partial charge < -0.3 is 4.74 Å². The van der Waals surface area contributed by atoms with E-state index in [-0.39, 0.29) is 16.6 Å². The maximum absolute atomic E-state index is 12.2. The van der Waals surface area contributed by atoms with Gasteiger partial charge in [0.2, 0.25) is 0 Å². The fourth-order valence-electron chi connectivity index (χ4n) is 10.7. The lowest BCUT2D eigenvalue weighted by Gasteiger charge is -2.59.